The first-order chi connectivity index (χ1) is 9.04. The fourth-order valence-corrected chi connectivity index (χ4v) is 2.47. The average Bonchev–Trinajstić information content (AvgIpc) is 2.77. The fourth-order valence-electron chi connectivity index (χ4n) is 2.47. The van der Waals surface area contributed by atoms with Crippen LogP contribution in [0.1, 0.15) is 24.8 Å². The number of nitrogens with one attached hydrogen (secondary N) is 1. The number of carbonyl (C=O) groups is 2. The van der Waals surface area contributed by atoms with Gasteiger partial charge in [0.05, 0.1) is 12.3 Å². The second kappa shape index (κ2) is 5.73. The molecule has 0 aromatic heterocycles. The third-order valence-electron chi connectivity index (χ3n) is 3.42. The average molecular weight is 263 g/mol. The third-order valence-corrected chi connectivity index (χ3v) is 3.42. The van der Waals surface area contributed by atoms with Crippen LogP contribution in [0, 0.1) is 5.92 Å². The summed E-state index contributed by atoms with van der Waals surface area (Å²) in [5.74, 6) is -1.13. The molecule has 3 N–H and O–H groups in total. The Morgan fingerprint density at radius 1 is 1.32 bits per heavy atom. The van der Waals surface area contributed by atoms with Gasteiger partial charge < -0.3 is 15.5 Å². The Morgan fingerprint density at radius 3 is 2.74 bits per heavy atom. The second-order valence-electron chi connectivity index (χ2n) is 4.96. The van der Waals surface area contributed by atoms with Crippen LogP contribution < -0.4 is 5.32 Å². The van der Waals surface area contributed by atoms with Crippen molar-refractivity contribution in [3.8, 4) is 5.75 Å². The zero-order valence-corrected chi connectivity index (χ0v) is 10.5. The van der Waals surface area contributed by atoms with Gasteiger partial charge >= 0.3 is 5.97 Å². The van der Waals surface area contributed by atoms with E-state index < -0.39 is 5.97 Å². The molecular weight excluding hydrogens is 246 g/mol. The van der Waals surface area contributed by atoms with Crippen molar-refractivity contribution in [1.29, 1.82) is 0 Å². The van der Waals surface area contributed by atoms with E-state index in [1.807, 2.05) is 0 Å². The van der Waals surface area contributed by atoms with Gasteiger partial charge in [-0.15, -0.1) is 0 Å². The molecule has 1 aliphatic rings. The van der Waals surface area contributed by atoms with Crippen LogP contribution in [0.5, 0.6) is 5.75 Å². The lowest BCUT2D eigenvalue weighted by Crippen LogP contribution is -2.34. The van der Waals surface area contributed by atoms with Gasteiger partial charge in [-0.25, -0.2) is 0 Å². The maximum absolute atomic E-state index is 11.8. The molecule has 19 heavy (non-hydrogen) atoms. The number of carboxylic acid groups (broad SMARTS) is 1. The van der Waals surface area contributed by atoms with Crippen molar-refractivity contribution in [2.45, 2.75) is 31.7 Å². The molecule has 5 nitrogen and oxygen atoms in total. The molecule has 0 radical (unpaired) electrons. The van der Waals surface area contributed by atoms with Crippen molar-refractivity contribution >= 4 is 11.9 Å². The Morgan fingerprint density at radius 2 is 2.11 bits per heavy atom. The molecular formula is C14H17NO4. The smallest absolute Gasteiger partial charge is 0.306 e. The van der Waals surface area contributed by atoms with Gasteiger partial charge in [0.15, 0.2) is 0 Å². The molecule has 5 heteroatoms. The van der Waals surface area contributed by atoms with Crippen LogP contribution in [0.4, 0.5) is 0 Å². The van der Waals surface area contributed by atoms with Gasteiger partial charge in [0.2, 0.25) is 5.91 Å². The summed E-state index contributed by atoms with van der Waals surface area (Å²) >= 11 is 0. The van der Waals surface area contributed by atoms with Crippen LogP contribution in [0.3, 0.4) is 0 Å². The Balaban J connectivity index is 1.84. The predicted molar refractivity (Wildman–Crippen MR) is 68.7 cm³/mol. The van der Waals surface area contributed by atoms with Gasteiger partial charge in [-0.1, -0.05) is 12.1 Å². The number of amides is 1. The lowest BCUT2D eigenvalue weighted by atomic mass is 10.1. The Bertz CT molecular complexity index is 486. The molecule has 2 atom stereocenters. The molecule has 1 aromatic carbocycles. The van der Waals surface area contributed by atoms with Crippen molar-refractivity contribution in [3.63, 3.8) is 0 Å². The van der Waals surface area contributed by atoms with Crippen LogP contribution in [-0.4, -0.2) is 28.1 Å². The molecule has 102 valence electrons. The molecule has 1 amide bonds. The number of aromatic hydroxyl groups is 1. The fraction of sp³-hybridized carbons (Fsp3) is 0.429. The highest BCUT2D eigenvalue weighted by molar-refractivity contribution is 5.79. The molecule has 1 saturated carbocycles. The number of rotatable bonds is 4. The van der Waals surface area contributed by atoms with E-state index in [9.17, 15) is 14.7 Å². The lowest BCUT2D eigenvalue weighted by Gasteiger charge is -2.12. The molecule has 0 saturated heterocycles. The van der Waals surface area contributed by atoms with Crippen LogP contribution in [0.2, 0.25) is 0 Å². The van der Waals surface area contributed by atoms with E-state index in [1.54, 1.807) is 24.3 Å². The largest absolute Gasteiger partial charge is 0.508 e. The topological polar surface area (TPSA) is 86.6 Å². The standard InChI is InChI=1S/C14H17NO4/c16-12-3-1-2-9(6-12)7-13(17)15-11-5-4-10(8-11)14(18)19/h1-3,6,10-11,16H,4-5,7-8H2,(H,15,17)(H,18,19)/t10-,11+/m1/s1. The molecule has 0 aliphatic heterocycles. The lowest BCUT2D eigenvalue weighted by molar-refractivity contribution is -0.141. The summed E-state index contributed by atoms with van der Waals surface area (Å²) in [4.78, 5) is 22.6. The molecule has 2 rings (SSSR count). The quantitative estimate of drug-likeness (QED) is 0.764. The van der Waals surface area contributed by atoms with Crippen LogP contribution in [-0.2, 0) is 16.0 Å². The van der Waals surface area contributed by atoms with Crippen LogP contribution in [0.15, 0.2) is 24.3 Å². The summed E-state index contributed by atoms with van der Waals surface area (Å²) in [6, 6.07) is 6.51. The van der Waals surface area contributed by atoms with E-state index in [1.165, 1.54) is 0 Å². The van der Waals surface area contributed by atoms with E-state index in [-0.39, 0.29) is 30.0 Å². The highest BCUT2D eigenvalue weighted by atomic mass is 16.4. The van der Waals surface area contributed by atoms with Gasteiger partial charge in [0.25, 0.3) is 0 Å². The molecule has 0 bridgehead atoms. The highest BCUT2D eigenvalue weighted by Crippen LogP contribution is 2.25. The number of hydrogen-bond donors (Lipinski definition) is 3. The normalized spacial score (nSPS) is 22.1. The summed E-state index contributed by atoms with van der Waals surface area (Å²) in [7, 11) is 0. The Hall–Kier alpha value is -2.04. The minimum absolute atomic E-state index is 0.0501. The van der Waals surface area contributed by atoms with E-state index >= 15 is 0 Å². The number of benzene rings is 1. The minimum Gasteiger partial charge on any atom is -0.508 e. The summed E-state index contributed by atoms with van der Waals surface area (Å²) in [6.07, 6.45) is 2.03. The van der Waals surface area contributed by atoms with E-state index in [2.05, 4.69) is 5.32 Å². The summed E-state index contributed by atoms with van der Waals surface area (Å²) in [6.45, 7) is 0. The zero-order valence-electron chi connectivity index (χ0n) is 10.5. The van der Waals surface area contributed by atoms with E-state index in [0.717, 1.165) is 5.56 Å². The predicted octanol–water partition coefficient (Wildman–Crippen LogP) is 1.30. The Labute approximate surface area is 111 Å². The SMILES string of the molecule is O=C(Cc1cccc(O)c1)N[C@H]1CC[C@@H](C(=O)O)C1. The first kappa shape index (κ1) is 13.4. The van der Waals surface area contributed by atoms with Crippen molar-refractivity contribution in [1.82, 2.24) is 5.32 Å². The second-order valence-corrected chi connectivity index (χ2v) is 4.96. The third kappa shape index (κ3) is 3.71. The van der Waals surface area contributed by atoms with Crippen LogP contribution in [0.25, 0.3) is 0 Å². The van der Waals surface area contributed by atoms with Crippen molar-refractivity contribution in [3.05, 3.63) is 29.8 Å². The molecule has 0 spiro atoms. The number of phenolic OH excluding ortho intramolecular Hbond substituents is 1. The van der Waals surface area contributed by atoms with Gasteiger partial charge in [-0.2, -0.15) is 0 Å². The van der Waals surface area contributed by atoms with E-state index in [0.29, 0.717) is 19.3 Å². The highest BCUT2D eigenvalue weighted by Gasteiger charge is 2.30. The number of carbonyl (C=O) groups excluding carboxylic acids is 1. The summed E-state index contributed by atoms with van der Waals surface area (Å²) in [5, 5.41) is 21.0. The number of phenols is 1. The van der Waals surface area contributed by atoms with Crippen molar-refractivity contribution < 1.29 is 19.8 Å². The minimum atomic E-state index is -0.787. The summed E-state index contributed by atoms with van der Waals surface area (Å²) < 4.78 is 0. The Kier molecular flexibility index (Phi) is 4.04. The maximum atomic E-state index is 11.8. The number of aliphatic carboxylic acids is 1. The van der Waals surface area contributed by atoms with Gasteiger partial charge in [-0.3, -0.25) is 9.59 Å². The monoisotopic (exact) mass is 263 g/mol. The van der Waals surface area contributed by atoms with Crippen molar-refractivity contribution in [2.24, 2.45) is 5.92 Å². The maximum Gasteiger partial charge on any atom is 0.306 e. The first-order valence-electron chi connectivity index (χ1n) is 6.34. The van der Waals surface area contributed by atoms with Crippen LogP contribution >= 0.6 is 0 Å². The number of carboxylic acids is 1. The van der Waals surface area contributed by atoms with Gasteiger partial charge in [0, 0.05) is 6.04 Å². The molecule has 1 fully saturated rings. The first-order valence-corrected chi connectivity index (χ1v) is 6.34. The van der Waals surface area contributed by atoms with Gasteiger partial charge in [-0.05, 0) is 37.0 Å². The molecule has 0 heterocycles. The van der Waals surface area contributed by atoms with E-state index in [4.69, 9.17) is 5.11 Å². The number of hydrogen-bond acceptors (Lipinski definition) is 3. The van der Waals surface area contributed by atoms with Gasteiger partial charge in [0.1, 0.15) is 5.75 Å². The van der Waals surface area contributed by atoms with Crippen molar-refractivity contribution in [2.75, 3.05) is 0 Å². The molecule has 0 unspecified atom stereocenters. The molecule has 1 aromatic rings. The molecule has 1 aliphatic carbocycles. The summed E-state index contributed by atoms with van der Waals surface area (Å²) in [5.41, 5.74) is 0.741. The zero-order chi connectivity index (χ0) is 13.8.